The maximum Gasteiger partial charge on any atom is 0.406 e. The van der Waals surface area contributed by atoms with Gasteiger partial charge in [-0.3, -0.25) is 4.90 Å². The Morgan fingerprint density at radius 2 is 1.81 bits per heavy atom. The Morgan fingerprint density at radius 3 is 2.25 bits per heavy atom. The summed E-state index contributed by atoms with van der Waals surface area (Å²) in [6, 6.07) is -0.0387. The van der Waals surface area contributed by atoms with E-state index >= 15 is 0 Å². The normalized spacial score (nSPS) is 39.8. The molecule has 0 bridgehead atoms. The van der Waals surface area contributed by atoms with E-state index in [1.54, 1.807) is 4.90 Å². The van der Waals surface area contributed by atoms with E-state index in [1.807, 2.05) is 13.8 Å². The smallest absolute Gasteiger partial charge is 0.327 e. The van der Waals surface area contributed by atoms with E-state index in [0.717, 1.165) is 0 Å². The van der Waals surface area contributed by atoms with Crippen LogP contribution in [0.2, 0.25) is 0 Å². The van der Waals surface area contributed by atoms with Crippen LogP contribution < -0.4 is 5.73 Å². The highest BCUT2D eigenvalue weighted by atomic mass is 19.4. The van der Waals surface area contributed by atoms with Crippen LogP contribution in [0.1, 0.15) is 33.1 Å². The van der Waals surface area contributed by atoms with E-state index in [-0.39, 0.29) is 30.8 Å². The van der Waals surface area contributed by atoms with Crippen LogP contribution in [0.25, 0.3) is 0 Å². The Labute approximate surface area is 94.0 Å². The Morgan fingerprint density at radius 1 is 1.25 bits per heavy atom. The summed E-state index contributed by atoms with van der Waals surface area (Å²) in [6.45, 7) is 4.30. The monoisotopic (exact) mass is 236 g/mol. The molecule has 0 aromatic carbocycles. The van der Waals surface area contributed by atoms with E-state index in [1.165, 1.54) is 0 Å². The lowest BCUT2D eigenvalue weighted by atomic mass is 9.86. The summed E-state index contributed by atoms with van der Waals surface area (Å²) in [6.07, 6.45) is -2.92. The van der Waals surface area contributed by atoms with Crippen LogP contribution in [0.15, 0.2) is 0 Å². The molecule has 0 aromatic heterocycles. The first-order valence-corrected chi connectivity index (χ1v) is 5.89. The Hall–Kier alpha value is -0.290. The topological polar surface area (TPSA) is 29.3 Å². The van der Waals surface area contributed by atoms with Crippen molar-refractivity contribution in [3.63, 3.8) is 0 Å². The number of alkyl halides is 3. The molecule has 0 amide bonds. The van der Waals surface area contributed by atoms with Crippen molar-refractivity contribution in [2.24, 2.45) is 11.7 Å². The first-order valence-electron chi connectivity index (χ1n) is 5.89. The summed E-state index contributed by atoms with van der Waals surface area (Å²) in [4.78, 5) is 1.64. The number of rotatable bonds is 1. The molecule has 3 atom stereocenters. The fourth-order valence-corrected chi connectivity index (χ4v) is 2.85. The first-order chi connectivity index (χ1) is 7.29. The van der Waals surface area contributed by atoms with Crippen LogP contribution in [0, 0.1) is 5.92 Å². The minimum absolute atomic E-state index is 0.0373. The predicted molar refractivity (Wildman–Crippen MR) is 55.9 cm³/mol. The summed E-state index contributed by atoms with van der Waals surface area (Å²) >= 11 is 0. The van der Waals surface area contributed by atoms with Crippen molar-refractivity contribution in [1.29, 1.82) is 0 Å². The highest BCUT2D eigenvalue weighted by Gasteiger charge is 2.67. The van der Waals surface area contributed by atoms with Crippen LogP contribution in [0.4, 0.5) is 13.2 Å². The summed E-state index contributed by atoms with van der Waals surface area (Å²) in [7, 11) is 0. The van der Waals surface area contributed by atoms with Crippen molar-refractivity contribution in [1.82, 2.24) is 4.90 Å². The fourth-order valence-electron chi connectivity index (χ4n) is 2.85. The van der Waals surface area contributed by atoms with Gasteiger partial charge in [0.05, 0.1) is 0 Å². The van der Waals surface area contributed by atoms with Gasteiger partial charge in [0.25, 0.3) is 0 Å². The van der Waals surface area contributed by atoms with E-state index in [9.17, 15) is 13.2 Å². The van der Waals surface area contributed by atoms with Crippen molar-refractivity contribution < 1.29 is 13.2 Å². The van der Waals surface area contributed by atoms with Crippen molar-refractivity contribution in [2.45, 2.75) is 56.9 Å². The fraction of sp³-hybridized carbons (Fsp3) is 1.00. The third kappa shape index (κ3) is 1.64. The largest absolute Gasteiger partial charge is 0.406 e. The predicted octanol–water partition coefficient (Wildman–Crippen LogP) is 2.14. The zero-order chi connectivity index (χ0) is 12.1. The summed E-state index contributed by atoms with van der Waals surface area (Å²) in [5.41, 5.74) is 4.37. The zero-order valence-corrected chi connectivity index (χ0v) is 9.72. The Balaban J connectivity index is 2.17. The highest BCUT2D eigenvalue weighted by molar-refractivity contribution is 5.12. The third-order valence-electron chi connectivity index (χ3n) is 4.43. The van der Waals surface area contributed by atoms with Crippen LogP contribution in [-0.4, -0.2) is 35.2 Å². The Kier molecular flexibility index (Phi) is 2.74. The Bertz CT molecular complexity index is 273. The molecule has 3 unspecified atom stereocenters. The number of likely N-dealkylation sites (tertiary alicyclic amines) is 1. The molecule has 2 N–H and O–H groups in total. The number of nitrogens with zero attached hydrogens (tertiary/aromatic N) is 1. The maximum atomic E-state index is 13.0. The van der Waals surface area contributed by atoms with Gasteiger partial charge < -0.3 is 5.73 Å². The molecule has 2 nitrogen and oxygen atoms in total. The molecule has 1 saturated carbocycles. The van der Waals surface area contributed by atoms with Gasteiger partial charge in [-0.1, -0.05) is 6.92 Å². The van der Waals surface area contributed by atoms with Gasteiger partial charge in [-0.2, -0.15) is 13.2 Å². The summed E-state index contributed by atoms with van der Waals surface area (Å²) in [5, 5.41) is 0. The first kappa shape index (κ1) is 12.2. The molecule has 0 radical (unpaired) electrons. The lowest BCUT2D eigenvalue weighted by Gasteiger charge is -2.46. The van der Waals surface area contributed by atoms with E-state index in [4.69, 9.17) is 5.73 Å². The molecular weight excluding hydrogens is 217 g/mol. The number of piperidine rings is 1. The lowest BCUT2D eigenvalue weighted by Crippen LogP contribution is -2.60. The van der Waals surface area contributed by atoms with E-state index in [0.29, 0.717) is 13.0 Å². The van der Waals surface area contributed by atoms with Crippen LogP contribution >= 0.6 is 0 Å². The van der Waals surface area contributed by atoms with Crippen LogP contribution in [0.3, 0.4) is 0 Å². The van der Waals surface area contributed by atoms with Gasteiger partial charge in [-0.15, -0.1) is 0 Å². The van der Waals surface area contributed by atoms with Crippen LogP contribution in [0.5, 0.6) is 0 Å². The second kappa shape index (κ2) is 3.60. The number of nitrogens with two attached hydrogens (primary N) is 1. The molecule has 5 heteroatoms. The van der Waals surface area contributed by atoms with E-state index < -0.39 is 11.7 Å². The summed E-state index contributed by atoms with van der Waals surface area (Å²) in [5.74, 6) is 0.133. The molecule has 94 valence electrons. The molecule has 16 heavy (non-hydrogen) atoms. The SMILES string of the molecule is CC1C(N)CCN(C2(C(F)(F)F)CC2)C1C. The highest BCUT2D eigenvalue weighted by Crippen LogP contribution is 2.55. The van der Waals surface area contributed by atoms with Crippen molar-refractivity contribution in [2.75, 3.05) is 6.54 Å². The lowest BCUT2D eigenvalue weighted by molar-refractivity contribution is -0.208. The number of hydrogen-bond acceptors (Lipinski definition) is 2. The number of hydrogen-bond donors (Lipinski definition) is 1. The van der Waals surface area contributed by atoms with Crippen molar-refractivity contribution >= 4 is 0 Å². The molecule has 2 fully saturated rings. The molecule has 1 aliphatic heterocycles. The van der Waals surface area contributed by atoms with Gasteiger partial charge >= 0.3 is 6.18 Å². The molecule has 2 aliphatic rings. The van der Waals surface area contributed by atoms with Gasteiger partial charge in [-0.05, 0) is 32.1 Å². The molecule has 1 saturated heterocycles. The van der Waals surface area contributed by atoms with Crippen molar-refractivity contribution in [3.8, 4) is 0 Å². The minimum Gasteiger partial charge on any atom is -0.327 e. The maximum absolute atomic E-state index is 13.0. The quantitative estimate of drug-likeness (QED) is 0.755. The van der Waals surface area contributed by atoms with Gasteiger partial charge in [0.2, 0.25) is 0 Å². The molecule has 0 spiro atoms. The van der Waals surface area contributed by atoms with Gasteiger partial charge in [0.15, 0.2) is 0 Å². The molecule has 1 heterocycles. The average Bonchev–Trinajstić information content (AvgIpc) is 2.94. The average molecular weight is 236 g/mol. The minimum atomic E-state index is -4.09. The van der Waals surface area contributed by atoms with Crippen molar-refractivity contribution in [3.05, 3.63) is 0 Å². The molecule has 0 aromatic rings. The second-order valence-corrected chi connectivity index (χ2v) is 5.27. The van der Waals surface area contributed by atoms with E-state index in [2.05, 4.69) is 0 Å². The molecule has 1 aliphatic carbocycles. The summed E-state index contributed by atoms with van der Waals surface area (Å²) < 4.78 is 39.0. The standard InChI is InChI=1S/C11H19F3N2/c1-7-8(2)16(6-3-9(7)15)10(4-5-10)11(12,13)14/h7-9H,3-6,15H2,1-2H3. The van der Waals surface area contributed by atoms with Gasteiger partial charge in [0, 0.05) is 18.6 Å². The molecule has 2 rings (SSSR count). The third-order valence-corrected chi connectivity index (χ3v) is 4.43. The second-order valence-electron chi connectivity index (χ2n) is 5.27. The van der Waals surface area contributed by atoms with Gasteiger partial charge in [0.1, 0.15) is 5.54 Å². The molecular formula is C11H19F3N2. The zero-order valence-electron chi connectivity index (χ0n) is 9.72. The van der Waals surface area contributed by atoms with Gasteiger partial charge in [-0.25, -0.2) is 0 Å². The number of halogens is 3. The van der Waals surface area contributed by atoms with Crippen LogP contribution in [-0.2, 0) is 0 Å².